The Morgan fingerprint density at radius 1 is 1.29 bits per heavy atom. The molecule has 31 heavy (non-hydrogen) atoms. The Labute approximate surface area is 177 Å². The summed E-state index contributed by atoms with van der Waals surface area (Å²) in [5, 5.41) is 14.6. The van der Waals surface area contributed by atoms with E-state index in [4.69, 9.17) is 11.5 Å². The number of carbonyl (C=O) groups is 2. The molecule has 3 aromatic rings. The van der Waals surface area contributed by atoms with Crippen LogP contribution < -0.4 is 11.5 Å². The molecule has 1 aromatic carbocycles. The number of nitrogen functional groups attached to an aromatic ring is 1. The van der Waals surface area contributed by atoms with Gasteiger partial charge in [-0.05, 0) is 18.2 Å². The van der Waals surface area contributed by atoms with Crippen molar-refractivity contribution >= 4 is 17.5 Å². The fraction of sp³-hybridized carbons (Fsp3) is 0.190. The van der Waals surface area contributed by atoms with Crippen LogP contribution in [0.15, 0.2) is 42.7 Å². The molecule has 1 fully saturated rings. The summed E-state index contributed by atoms with van der Waals surface area (Å²) in [6, 6.07) is 8.56. The Balaban J connectivity index is 1.76. The minimum atomic E-state index is -1.70. The second-order valence-corrected chi connectivity index (χ2v) is 7.12. The zero-order valence-corrected chi connectivity index (χ0v) is 16.6. The molecule has 0 unspecified atom stereocenters. The van der Waals surface area contributed by atoms with E-state index in [0.717, 1.165) is 0 Å². The average molecular weight is 417 g/mol. The molecule has 2 amide bonds. The molecule has 1 aliphatic rings. The van der Waals surface area contributed by atoms with Crippen molar-refractivity contribution in [1.29, 1.82) is 0 Å². The Hall–Kier alpha value is -4.23. The van der Waals surface area contributed by atoms with Gasteiger partial charge in [-0.15, -0.1) is 0 Å². The number of carbonyl (C=O) groups excluding carboxylic acids is 2. The molecule has 5 N–H and O–H groups in total. The van der Waals surface area contributed by atoms with Crippen molar-refractivity contribution in [2.24, 2.45) is 5.73 Å². The van der Waals surface area contributed by atoms with Crippen LogP contribution in [0.2, 0.25) is 0 Å². The molecule has 0 aliphatic carbocycles. The van der Waals surface area contributed by atoms with Crippen molar-refractivity contribution in [3.63, 3.8) is 0 Å². The predicted octanol–water partition coefficient (Wildman–Crippen LogP) is -0.0449. The summed E-state index contributed by atoms with van der Waals surface area (Å²) in [5.41, 5.74) is 10.8. The third-order valence-corrected chi connectivity index (χ3v) is 4.92. The number of hydrogen-bond acceptors (Lipinski definition) is 7. The lowest BCUT2D eigenvalue weighted by atomic mass is 10.0. The number of aliphatic hydroxyl groups is 1. The summed E-state index contributed by atoms with van der Waals surface area (Å²) < 4.78 is 1.41. The molecule has 10 heteroatoms. The fourth-order valence-corrected chi connectivity index (χ4v) is 3.22. The second kappa shape index (κ2) is 7.55. The first-order chi connectivity index (χ1) is 14.8. The lowest BCUT2D eigenvalue weighted by Crippen LogP contribution is -2.37. The first-order valence-corrected chi connectivity index (χ1v) is 9.37. The van der Waals surface area contributed by atoms with Gasteiger partial charge in [0.25, 0.3) is 11.8 Å². The molecule has 1 atom stereocenters. The fourth-order valence-electron chi connectivity index (χ4n) is 3.22. The smallest absolute Gasteiger partial charge is 0.269 e. The van der Waals surface area contributed by atoms with Crippen LogP contribution in [0.4, 0.5) is 5.69 Å². The summed E-state index contributed by atoms with van der Waals surface area (Å²) in [4.78, 5) is 34.1. The molecule has 3 heterocycles. The normalized spacial score (nSPS) is 18.0. The van der Waals surface area contributed by atoms with E-state index in [-0.39, 0.29) is 29.4 Å². The standard InChI is InChI=1S/C21H19N7O3/c1-27-11-8-21(31,20(27)30)7-6-13-4-2-5-14(12-13)18-25-16(17(23)29)15(22)19(26-18)28-10-3-9-24-28/h2-5,9-10,12,31H,8,11,22H2,1H3,(H2,23,29)/t21-/m0/s1. The van der Waals surface area contributed by atoms with Gasteiger partial charge in [0.2, 0.25) is 5.60 Å². The van der Waals surface area contributed by atoms with Gasteiger partial charge in [0, 0.05) is 43.5 Å². The van der Waals surface area contributed by atoms with Crippen molar-refractivity contribution in [3.05, 3.63) is 54.0 Å². The van der Waals surface area contributed by atoms with Gasteiger partial charge in [0.1, 0.15) is 5.69 Å². The molecule has 0 radical (unpaired) electrons. The molecule has 0 spiro atoms. The van der Waals surface area contributed by atoms with Crippen molar-refractivity contribution in [2.45, 2.75) is 12.0 Å². The number of likely N-dealkylation sites (tertiary alicyclic amines) is 1. The Kier molecular flexibility index (Phi) is 4.88. The molecular formula is C21H19N7O3. The molecule has 156 valence electrons. The highest BCUT2D eigenvalue weighted by atomic mass is 16.3. The monoisotopic (exact) mass is 417 g/mol. The number of rotatable bonds is 3. The number of nitrogens with zero attached hydrogens (tertiary/aromatic N) is 5. The number of hydrogen-bond donors (Lipinski definition) is 3. The van der Waals surface area contributed by atoms with Crippen LogP contribution in [0, 0.1) is 11.8 Å². The SMILES string of the molecule is CN1CC[C@@](O)(C#Cc2cccc(-c3nc(C(N)=O)c(N)c(-n4cccn4)n3)c2)C1=O. The summed E-state index contributed by atoms with van der Waals surface area (Å²) in [7, 11) is 1.62. The minimum Gasteiger partial charge on any atom is -0.394 e. The van der Waals surface area contributed by atoms with Crippen LogP contribution in [0.3, 0.4) is 0 Å². The van der Waals surface area contributed by atoms with Crippen LogP contribution in [0.1, 0.15) is 22.5 Å². The van der Waals surface area contributed by atoms with E-state index >= 15 is 0 Å². The Morgan fingerprint density at radius 2 is 2.10 bits per heavy atom. The van der Waals surface area contributed by atoms with Crippen molar-refractivity contribution in [1.82, 2.24) is 24.6 Å². The van der Waals surface area contributed by atoms with E-state index in [1.54, 1.807) is 49.8 Å². The zero-order chi connectivity index (χ0) is 22.2. The lowest BCUT2D eigenvalue weighted by molar-refractivity contribution is -0.137. The van der Waals surface area contributed by atoms with E-state index in [2.05, 4.69) is 26.9 Å². The number of anilines is 1. The lowest BCUT2D eigenvalue weighted by Gasteiger charge is -2.13. The largest absolute Gasteiger partial charge is 0.394 e. The van der Waals surface area contributed by atoms with Gasteiger partial charge in [0.05, 0.1) is 0 Å². The van der Waals surface area contributed by atoms with Gasteiger partial charge in [-0.25, -0.2) is 14.6 Å². The number of amides is 2. The molecule has 4 rings (SSSR count). The Bertz CT molecular complexity index is 1240. The molecule has 0 saturated carbocycles. The predicted molar refractivity (Wildman–Crippen MR) is 112 cm³/mol. The number of nitrogens with two attached hydrogens (primary N) is 2. The second-order valence-electron chi connectivity index (χ2n) is 7.12. The van der Waals surface area contributed by atoms with E-state index in [9.17, 15) is 14.7 Å². The van der Waals surface area contributed by atoms with Gasteiger partial charge in [-0.3, -0.25) is 9.59 Å². The average Bonchev–Trinajstić information content (AvgIpc) is 3.38. The number of benzene rings is 1. The highest BCUT2D eigenvalue weighted by Gasteiger charge is 2.42. The highest BCUT2D eigenvalue weighted by molar-refractivity contribution is 5.97. The Morgan fingerprint density at radius 3 is 2.74 bits per heavy atom. The molecule has 2 aromatic heterocycles. The molecule has 1 aliphatic heterocycles. The van der Waals surface area contributed by atoms with E-state index in [0.29, 0.717) is 17.7 Å². The van der Waals surface area contributed by atoms with Crippen molar-refractivity contribution < 1.29 is 14.7 Å². The molecule has 10 nitrogen and oxygen atoms in total. The maximum Gasteiger partial charge on any atom is 0.269 e. The third kappa shape index (κ3) is 3.70. The maximum absolute atomic E-state index is 12.1. The summed E-state index contributed by atoms with van der Waals surface area (Å²) in [6.07, 6.45) is 3.42. The summed E-state index contributed by atoms with van der Waals surface area (Å²) in [6.45, 7) is 0.440. The van der Waals surface area contributed by atoms with Crippen LogP contribution >= 0.6 is 0 Å². The van der Waals surface area contributed by atoms with E-state index in [1.165, 1.54) is 9.58 Å². The van der Waals surface area contributed by atoms with Crippen LogP contribution in [0.25, 0.3) is 17.2 Å². The van der Waals surface area contributed by atoms with Crippen LogP contribution in [-0.4, -0.2) is 60.8 Å². The van der Waals surface area contributed by atoms with Gasteiger partial charge >= 0.3 is 0 Å². The van der Waals surface area contributed by atoms with Crippen molar-refractivity contribution in [3.8, 4) is 29.0 Å². The van der Waals surface area contributed by atoms with Gasteiger partial charge in [-0.1, -0.05) is 24.0 Å². The zero-order valence-electron chi connectivity index (χ0n) is 16.6. The number of aromatic nitrogens is 4. The number of likely N-dealkylation sites (N-methyl/N-ethyl adjacent to an activating group) is 1. The topological polar surface area (TPSA) is 153 Å². The summed E-state index contributed by atoms with van der Waals surface area (Å²) >= 11 is 0. The van der Waals surface area contributed by atoms with E-state index in [1.807, 2.05) is 0 Å². The van der Waals surface area contributed by atoms with Gasteiger partial charge in [0.15, 0.2) is 17.3 Å². The van der Waals surface area contributed by atoms with Gasteiger partial charge < -0.3 is 21.5 Å². The summed E-state index contributed by atoms with van der Waals surface area (Å²) in [5.74, 6) is 4.71. The third-order valence-electron chi connectivity index (χ3n) is 4.92. The number of primary amides is 1. The molecular weight excluding hydrogens is 398 g/mol. The van der Waals surface area contributed by atoms with Crippen LogP contribution in [-0.2, 0) is 4.79 Å². The first-order valence-electron chi connectivity index (χ1n) is 9.37. The first kappa shape index (κ1) is 20.1. The van der Waals surface area contributed by atoms with Gasteiger partial charge in [-0.2, -0.15) is 5.10 Å². The maximum atomic E-state index is 12.1. The molecule has 1 saturated heterocycles. The molecule has 0 bridgehead atoms. The van der Waals surface area contributed by atoms with Crippen molar-refractivity contribution in [2.75, 3.05) is 19.3 Å². The van der Waals surface area contributed by atoms with E-state index < -0.39 is 17.4 Å². The highest BCUT2D eigenvalue weighted by Crippen LogP contribution is 2.24. The quantitative estimate of drug-likeness (QED) is 0.505. The minimum absolute atomic E-state index is 0.0157. The van der Waals surface area contributed by atoms with Crippen LogP contribution in [0.5, 0.6) is 0 Å².